The third kappa shape index (κ3) is 4.91. The van der Waals surface area contributed by atoms with E-state index in [0.717, 1.165) is 18.4 Å². The number of phenols is 1. The molecule has 2 nitrogen and oxygen atoms in total. The Morgan fingerprint density at radius 2 is 1.78 bits per heavy atom. The minimum atomic E-state index is -0.0719. The molecule has 0 saturated heterocycles. The molecule has 0 bridgehead atoms. The van der Waals surface area contributed by atoms with E-state index in [9.17, 15) is 9.90 Å². The van der Waals surface area contributed by atoms with Crippen LogP contribution in [0.5, 0.6) is 5.75 Å². The minimum absolute atomic E-state index is 0.0719. The van der Waals surface area contributed by atoms with Crippen LogP contribution in [0.4, 0.5) is 0 Å². The number of carbonyl (C=O) groups excluding carboxylic acids is 1. The Morgan fingerprint density at radius 1 is 1.11 bits per heavy atom. The molecule has 0 aliphatic carbocycles. The monoisotopic (exact) mass is 248 g/mol. The highest BCUT2D eigenvalue weighted by Gasteiger charge is 2.06. The number of rotatable bonds is 8. The van der Waals surface area contributed by atoms with E-state index in [4.69, 9.17) is 0 Å². The van der Waals surface area contributed by atoms with Crippen LogP contribution < -0.4 is 0 Å². The van der Waals surface area contributed by atoms with Crippen molar-refractivity contribution in [2.45, 2.75) is 58.8 Å². The highest BCUT2D eigenvalue weighted by atomic mass is 16.3. The SMILES string of the molecule is CCCCCCCCc1ccc(O)c(C(C)=O)c1. The molecule has 1 aromatic carbocycles. The lowest BCUT2D eigenvalue weighted by Crippen LogP contribution is -1.95. The fourth-order valence-electron chi connectivity index (χ4n) is 2.13. The first kappa shape index (κ1) is 14.7. The van der Waals surface area contributed by atoms with Gasteiger partial charge in [0.25, 0.3) is 0 Å². The zero-order valence-electron chi connectivity index (χ0n) is 11.5. The second-order valence-electron chi connectivity index (χ2n) is 4.93. The molecule has 0 radical (unpaired) electrons. The molecule has 0 amide bonds. The van der Waals surface area contributed by atoms with Crippen LogP contribution in [-0.4, -0.2) is 10.9 Å². The average Bonchev–Trinajstić information content (AvgIpc) is 2.35. The molecule has 0 aliphatic heterocycles. The normalized spacial score (nSPS) is 10.6. The third-order valence-corrected chi connectivity index (χ3v) is 3.26. The van der Waals surface area contributed by atoms with E-state index in [1.165, 1.54) is 39.0 Å². The predicted octanol–water partition coefficient (Wildman–Crippen LogP) is 4.50. The largest absolute Gasteiger partial charge is 0.507 e. The second kappa shape index (κ2) is 7.91. The molecule has 18 heavy (non-hydrogen) atoms. The van der Waals surface area contributed by atoms with Crippen molar-refractivity contribution >= 4 is 5.78 Å². The van der Waals surface area contributed by atoms with Crippen molar-refractivity contribution < 1.29 is 9.90 Å². The van der Waals surface area contributed by atoms with Crippen molar-refractivity contribution in [3.63, 3.8) is 0 Å². The standard InChI is InChI=1S/C16H24O2/c1-3-4-5-6-7-8-9-14-10-11-16(18)15(12-14)13(2)17/h10-12,18H,3-9H2,1-2H3. The summed E-state index contributed by atoms with van der Waals surface area (Å²) in [6, 6.07) is 5.36. The number of ketones is 1. The number of phenolic OH excluding ortho intramolecular Hbond substituents is 1. The van der Waals surface area contributed by atoms with Gasteiger partial charge in [-0.25, -0.2) is 0 Å². The number of hydrogen-bond acceptors (Lipinski definition) is 2. The zero-order valence-corrected chi connectivity index (χ0v) is 11.5. The van der Waals surface area contributed by atoms with Gasteiger partial charge >= 0.3 is 0 Å². The molecule has 100 valence electrons. The van der Waals surface area contributed by atoms with Crippen LogP contribution in [0, 0.1) is 0 Å². The maximum Gasteiger partial charge on any atom is 0.163 e. The lowest BCUT2D eigenvalue weighted by atomic mass is 10.0. The predicted molar refractivity (Wildman–Crippen MR) is 75.2 cm³/mol. The molecular weight excluding hydrogens is 224 g/mol. The van der Waals surface area contributed by atoms with Crippen LogP contribution in [0.15, 0.2) is 18.2 Å². The van der Waals surface area contributed by atoms with E-state index in [-0.39, 0.29) is 11.5 Å². The van der Waals surface area contributed by atoms with E-state index in [2.05, 4.69) is 6.92 Å². The van der Waals surface area contributed by atoms with Gasteiger partial charge in [0, 0.05) is 0 Å². The van der Waals surface area contributed by atoms with E-state index in [1.54, 1.807) is 6.07 Å². The first-order valence-corrected chi connectivity index (χ1v) is 6.98. The molecule has 0 aliphatic rings. The summed E-state index contributed by atoms with van der Waals surface area (Å²) in [5.41, 5.74) is 1.59. The summed E-state index contributed by atoms with van der Waals surface area (Å²) in [6.07, 6.45) is 8.62. The molecule has 0 fully saturated rings. The molecule has 0 aromatic heterocycles. The molecule has 0 atom stereocenters. The number of unbranched alkanes of at least 4 members (excludes halogenated alkanes) is 5. The number of benzene rings is 1. The number of aromatic hydroxyl groups is 1. The maximum atomic E-state index is 11.3. The number of aryl methyl sites for hydroxylation is 1. The molecule has 0 heterocycles. The summed E-state index contributed by atoms with van der Waals surface area (Å²) in [7, 11) is 0. The van der Waals surface area contributed by atoms with Crippen molar-refractivity contribution in [3.05, 3.63) is 29.3 Å². The van der Waals surface area contributed by atoms with Crippen LogP contribution in [0.2, 0.25) is 0 Å². The lowest BCUT2D eigenvalue weighted by Gasteiger charge is -2.05. The highest BCUT2D eigenvalue weighted by molar-refractivity contribution is 5.96. The van der Waals surface area contributed by atoms with E-state index >= 15 is 0 Å². The Hall–Kier alpha value is -1.31. The summed E-state index contributed by atoms with van der Waals surface area (Å²) in [6.45, 7) is 3.71. The number of hydrogen-bond donors (Lipinski definition) is 1. The summed E-state index contributed by atoms with van der Waals surface area (Å²) < 4.78 is 0. The molecule has 0 unspecified atom stereocenters. The highest BCUT2D eigenvalue weighted by Crippen LogP contribution is 2.20. The molecule has 1 rings (SSSR count). The Kier molecular flexibility index (Phi) is 6.48. The van der Waals surface area contributed by atoms with E-state index in [1.807, 2.05) is 12.1 Å². The third-order valence-electron chi connectivity index (χ3n) is 3.26. The van der Waals surface area contributed by atoms with Crippen molar-refractivity contribution in [1.29, 1.82) is 0 Å². The molecule has 1 N–H and O–H groups in total. The van der Waals surface area contributed by atoms with E-state index in [0.29, 0.717) is 5.56 Å². The maximum absolute atomic E-state index is 11.3. The summed E-state index contributed by atoms with van der Waals surface area (Å²) in [5, 5.41) is 9.55. The zero-order chi connectivity index (χ0) is 13.4. The summed E-state index contributed by atoms with van der Waals surface area (Å²) >= 11 is 0. The first-order chi connectivity index (χ1) is 8.65. The average molecular weight is 248 g/mol. The summed E-state index contributed by atoms with van der Waals surface area (Å²) in [5.74, 6) is 0.0199. The number of carbonyl (C=O) groups is 1. The quantitative estimate of drug-likeness (QED) is 0.543. The second-order valence-corrected chi connectivity index (χ2v) is 4.93. The fraction of sp³-hybridized carbons (Fsp3) is 0.562. The van der Waals surface area contributed by atoms with E-state index < -0.39 is 0 Å². The van der Waals surface area contributed by atoms with Gasteiger partial charge in [0.2, 0.25) is 0 Å². The van der Waals surface area contributed by atoms with Gasteiger partial charge in [-0.05, 0) is 37.5 Å². The van der Waals surface area contributed by atoms with Crippen molar-refractivity contribution in [2.24, 2.45) is 0 Å². The summed E-state index contributed by atoms with van der Waals surface area (Å²) in [4.78, 5) is 11.3. The molecular formula is C16H24O2. The van der Waals surface area contributed by atoms with Gasteiger partial charge < -0.3 is 5.11 Å². The van der Waals surface area contributed by atoms with Crippen LogP contribution in [0.25, 0.3) is 0 Å². The first-order valence-electron chi connectivity index (χ1n) is 6.98. The van der Waals surface area contributed by atoms with Gasteiger partial charge in [-0.3, -0.25) is 4.79 Å². The fourth-order valence-corrected chi connectivity index (χ4v) is 2.13. The van der Waals surface area contributed by atoms with Crippen LogP contribution in [0.1, 0.15) is 68.3 Å². The van der Waals surface area contributed by atoms with Crippen molar-refractivity contribution in [1.82, 2.24) is 0 Å². The van der Waals surface area contributed by atoms with Crippen LogP contribution in [0.3, 0.4) is 0 Å². The topological polar surface area (TPSA) is 37.3 Å². The Morgan fingerprint density at radius 3 is 2.44 bits per heavy atom. The Bertz CT molecular complexity index is 383. The van der Waals surface area contributed by atoms with Crippen molar-refractivity contribution in [3.8, 4) is 5.75 Å². The van der Waals surface area contributed by atoms with Crippen LogP contribution >= 0.6 is 0 Å². The smallest absolute Gasteiger partial charge is 0.163 e. The van der Waals surface area contributed by atoms with Gasteiger partial charge in [0.05, 0.1) is 5.56 Å². The molecule has 2 heteroatoms. The minimum Gasteiger partial charge on any atom is -0.507 e. The molecule has 0 spiro atoms. The molecule has 0 saturated carbocycles. The van der Waals surface area contributed by atoms with Gasteiger partial charge in [-0.1, -0.05) is 45.1 Å². The number of Topliss-reactive ketones (excluding diaryl/α,β-unsaturated/α-hetero) is 1. The van der Waals surface area contributed by atoms with Crippen molar-refractivity contribution in [2.75, 3.05) is 0 Å². The molecule has 1 aromatic rings. The van der Waals surface area contributed by atoms with Crippen LogP contribution in [-0.2, 0) is 6.42 Å². The van der Waals surface area contributed by atoms with Gasteiger partial charge in [-0.2, -0.15) is 0 Å². The van der Waals surface area contributed by atoms with Gasteiger partial charge in [0.15, 0.2) is 5.78 Å². The Balaban J connectivity index is 2.38. The lowest BCUT2D eigenvalue weighted by molar-refractivity contribution is 0.101. The van der Waals surface area contributed by atoms with Gasteiger partial charge in [0.1, 0.15) is 5.75 Å². The van der Waals surface area contributed by atoms with Gasteiger partial charge in [-0.15, -0.1) is 0 Å². The Labute approximate surface area is 110 Å².